The fraction of sp³-hybridized carbons (Fsp3) is 0.571. The van der Waals surface area contributed by atoms with E-state index in [0.29, 0.717) is 18.0 Å². The number of halogens is 2. The zero-order chi connectivity index (χ0) is 14.6. The van der Waals surface area contributed by atoms with Gasteiger partial charge < -0.3 is 15.3 Å². The Bertz CT molecular complexity index is 399. The molecule has 0 saturated carbocycles. The number of aromatic hydroxyl groups is 1. The van der Waals surface area contributed by atoms with Crippen molar-refractivity contribution in [1.82, 2.24) is 10.2 Å². The van der Waals surface area contributed by atoms with Gasteiger partial charge in [-0.2, -0.15) is 0 Å². The van der Waals surface area contributed by atoms with Crippen LogP contribution in [0.1, 0.15) is 19.4 Å². The molecule has 2 N–H and O–H groups in total. The fourth-order valence-electron chi connectivity index (χ4n) is 1.87. The molecular formula is C14H22F2N2O. The van der Waals surface area contributed by atoms with Gasteiger partial charge >= 0.3 is 0 Å². The summed E-state index contributed by atoms with van der Waals surface area (Å²) in [7, 11) is 3.97. The van der Waals surface area contributed by atoms with Crippen molar-refractivity contribution in [2.24, 2.45) is 5.92 Å². The lowest BCUT2D eigenvalue weighted by atomic mass is 10.0. The van der Waals surface area contributed by atoms with Crippen LogP contribution in [0.2, 0.25) is 0 Å². The lowest BCUT2D eigenvalue weighted by Crippen LogP contribution is -2.41. The lowest BCUT2D eigenvalue weighted by molar-refractivity contribution is 0.288. The Kier molecular flexibility index (Phi) is 5.69. The highest BCUT2D eigenvalue weighted by Crippen LogP contribution is 2.21. The van der Waals surface area contributed by atoms with Gasteiger partial charge in [-0.3, -0.25) is 0 Å². The van der Waals surface area contributed by atoms with E-state index in [0.717, 1.165) is 18.7 Å². The molecule has 0 aliphatic carbocycles. The molecule has 0 fully saturated rings. The summed E-state index contributed by atoms with van der Waals surface area (Å²) in [5.74, 6) is -2.36. The molecule has 1 unspecified atom stereocenters. The summed E-state index contributed by atoms with van der Waals surface area (Å²) in [4.78, 5) is 2.07. The number of benzene rings is 1. The van der Waals surface area contributed by atoms with Gasteiger partial charge in [0.25, 0.3) is 0 Å². The van der Waals surface area contributed by atoms with Crippen molar-refractivity contribution in [2.45, 2.75) is 26.4 Å². The van der Waals surface area contributed by atoms with Crippen molar-refractivity contribution in [3.8, 4) is 5.75 Å². The molecule has 0 amide bonds. The molecule has 0 bridgehead atoms. The molecule has 0 saturated heterocycles. The number of nitrogens with one attached hydrogen (secondary N) is 1. The maximum Gasteiger partial charge on any atom is 0.187 e. The normalized spacial score (nSPS) is 13.3. The second-order valence-corrected chi connectivity index (χ2v) is 5.40. The molecule has 0 aliphatic heterocycles. The van der Waals surface area contributed by atoms with Crippen LogP contribution in [0.15, 0.2) is 12.1 Å². The fourth-order valence-corrected chi connectivity index (χ4v) is 1.87. The molecule has 0 spiro atoms. The Morgan fingerprint density at radius 2 is 1.74 bits per heavy atom. The Hall–Kier alpha value is -1.20. The largest absolute Gasteiger partial charge is 0.503 e. The molecule has 5 heteroatoms. The van der Waals surface area contributed by atoms with Gasteiger partial charge in [-0.05, 0) is 37.7 Å². The first kappa shape index (κ1) is 15.9. The zero-order valence-electron chi connectivity index (χ0n) is 11.9. The van der Waals surface area contributed by atoms with Crippen LogP contribution < -0.4 is 5.32 Å². The number of hydrogen-bond donors (Lipinski definition) is 2. The van der Waals surface area contributed by atoms with Crippen molar-refractivity contribution in [3.63, 3.8) is 0 Å². The Morgan fingerprint density at radius 1 is 1.21 bits per heavy atom. The minimum atomic E-state index is -0.925. The maximum atomic E-state index is 13.2. The molecule has 0 radical (unpaired) electrons. The third-order valence-electron chi connectivity index (χ3n) is 3.01. The van der Waals surface area contributed by atoms with Crippen molar-refractivity contribution >= 4 is 0 Å². The molecule has 1 atom stereocenters. The van der Waals surface area contributed by atoms with Gasteiger partial charge in [0.05, 0.1) is 0 Å². The van der Waals surface area contributed by atoms with Gasteiger partial charge in [0.15, 0.2) is 17.4 Å². The second kappa shape index (κ2) is 6.82. The zero-order valence-corrected chi connectivity index (χ0v) is 11.9. The molecular weight excluding hydrogens is 250 g/mol. The summed E-state index contributed by atoms with van der Waals surface area (Å²) in [6.45, 7) is 5.41. The van der Waals surface area contributed by atoms with E-state index in [4.69, 9.17) is 5.11 Å². The summed E-state index contributed by atoms with van der Waals surface area (Å²) in [6.07, 6.45) is 0. The number of nitrogens with zero attached hydrogens (tertiary/aromatic N) is 1. The summed E-state index contributed by atoms with van der Waals surface area (Å²) in [5.41, 5.74) is 0.484. The van der Waals surface area contributed by atoms with E-state index < -0.39 is 17.4 Å². The van der Waals surface area contributed by atoms with Crippen molar-refractivity contribution in [1.29, 1.82) is 0 Å². The molecule has 1 aromatic carbocycles. The average molecular weight is 272 g/mol. The summed E-state index contributed by atoms with van der Waals surface area (Å²) < 4.78 is 26.4. The van der Waals surface area contributed by atoms with Gasteiger partial charge in [-0.1, -0.05) is 13.8 Å². The van der Waals surface area contributed by atoms with Crippen LogP contribution in [-0.4, -0.2) is 36.7 Å². The van der Waals surface area contributed by atoms with Crippen molar-refractivity contribution in [2.75, 3.05) is 20.6 Å². The summed E-state index contributed by atoms with van der Waals surface area (Å²) >= 11 is 0. The highest BCUT2D eigenvalue weighted by atomic mass is 19.1. The Balaban J connectivity index is 2.69. The highest BCUT2D eigenvalue weighted by molar-refractivity contribution is 5.29. The van der Waals surface area contributed by atoms with E-state index in [1.165, 1.54) is 0 Å². The monoisotopic (exact) mass is 272 g/mol. The number of phenols is 1. The van der Waals surface area contributed by atoms with Crippen LogP contribution in [0.3, 0.4) is 0 Å². The molecule has 108 valence electrons. The van der Waals surface area contributed by atoms with Gasteiger partial charge in [0.1, 0.15) is 0 Å². The maximum absolute atomic E-state index is 13.2. The topological polar surface area (TPSA) is 35.5 Å². The van der Waals surface area contributed by atoms with Gasteiger partial charge in [0, 0.05) is 19.1 Å². The van der Waals surface area contributed by atoms with Crippen LogP contribution in [0.4, 0.5) is 8.78 Å². The van der Waals surface area contributed by atoms with Gasteiger partial charge in [-0.15, -0.1) is 0 Å². The number of phenolic OH excluding ortho intramolecular Hbond substituents is 1. The van der Waals surface area contributed by atoms with Crippen LogP contribution in [0.25, 0.3) is 0 Å². The van der Waals surface area contributed by atoms with Crippen LogP contribution >= 0.6 is 0 Å². The Morgan fingerprint density at radius 3 is 2.16 bits per heavy atom. The molecule has 1 rings (SSSR count). The predicted octanol–water partition coefficient (Wildman–Crippen LogP) is 2.35. The minimum Gasteiger partial charge on any atom is -0.503 e. The first-order valence-electron chi connectivity index (χ1n) is 6.36. The second-order valence-electron chi connectivity index (χ2n) is 5.40. The van der Waals surface area contributed by atoms with Crippen LogP contribution in [0, 0.1) is 17.6 Å². The summed E-state index contributed by atoms with van der Waals surface area (Å²) in [5, 5.41) is 12.3. The standard InChI is InChI=1S/C14H22F2N2O/c1-9(2)13(8-18(3)4)17-7-10-5-11(15)14(19)12(16)6-10/h5-6,9,13,17,19H,7-8H2,1-4H3. The third-order valence-corrected chi connectivity index (χ3v) is 3.01. The van der Waals surface area contributed by atoms with Crippen LogP contribution in [0.5, 0.6) is 5.75 Å². The van der Waals surface area contributed by atoms with Gasteiger partial charge in [0.2, 0.25) is 0 Å². The number of rotatable bonds is 6. The first-order valence-corrected chi connectivity index (χ1v) is 6.36. The molecule has 0 aromatic heterocycles. The quantitative estimate of drug-likeness (QED) is 0.834. The van der Waals surface area contributed by atoms with Crippen LogP contribution in [-0.2, 0) is 6.54 Å². The van der Waals surface area contributed by atoms with E-state index in [2.05, 4.69) is 24.1 Å². The van der Waals surface area contributed by atoms with E-state index in [1.807, 2.05) is 14.1 Å². The van der Waals surface area contributed by atoms with E-state index >= 15 is 0 Å². The van der Waals surface area contributed by atoms with E-state index in [9.17, 15) is 8.78 Å². The molecule has 19 heavy (non-hydrogen) atoms. The van der Waals surface area contributed by atoms with Crippen molar-refractivity contribution in [3.05, 3.63) is 29.3 Å². The predicted molar refractivity (Wildman–Crippen MR) is 72.0 cm³/mol. The van der Waals surface area contributed by atoms with Crippen molar-refractivity contribution < 1.29 is 13.9 Å². The summed E-state index contributed by atoms with van der Waals surface area (Å²) in [6, 6.07) is 2.53. The SMILES string of the molecule is CC(C)C(CN(C)C)NCc1cc(F)c(O)c(F)c1. The molecule has 0 heterocycles. The smallest absolute Gasteiger partial charge is 0.187 e. The minimum absolute atomic E-state index is 0.231. The first-order chi connectivity index (χ1) is 8.81. The molecule has 3 nitrogen and oxygen atoms in total. The molecule has 1 aromatic rings. The lowest BCUT2D eigenvalue weighted by Gasteiger charge is -2.25. The third kappa shape index (κ3) is 4.76. The highest BCUT2D eigenvalue weighted by Gasteiger charge is 2.15. The Labute approximate surface area is 113 Å². The average Bonchev–Trinajstić information content (AvgIpc) is 2.30. The van der Waals surface area contributed by atoms with E-state index in [1.54, 1.807) is 0 Å². The van der Waals surface area contributed by atoms with Gasteiger partial charge in [-0.25, -0.2) is 8.78 Å². The number of likely N-dealkylation sites (N-methyl/N-ethyl adjacent to an activating group) is 1. The molecule has 0 aliphatic rings. The van der Waals surface area contributed by atoms with E-state index in [-0.39, 0.29) is 6.04 Å². The number of hydrogen-bond acceptors (Lipinski definition) is 3.